The largest absolute Gasteiger partial charge is 0.367 e. The number of amides is 1. The fraction of sp³-hybridized carbons (Fsp3) is 0.545. The Bertz CT molecular complexity index is 767. The van der Waals surface area contributed by atoms with Gasteiger partial charge in [-0.05, 0) is 37.7 Å². The molecule has 1 atom stereocenters. The number of carbonyl (C=O) groups is 1. The minimum atomic E-state index is 0.106. The first-order chi connectivity index (χ1) is 13.2. The van der Waals surface area contributed by atoms with Gasteiger partial charge in [0.05, 0.1) is 6.61 Å². The van der Waals surface area contributed by atoms with E-state index in [1.54, 1.807) is 0 Å². The Labute approximate surface area is 161 Å². The van der Waals surface area contributed by atoms with E-state index < -0.39 is 0 Å². The average molecular weight is 367 g/mol. The summed E-state index contributed by atoms with van der Waals surface area (Å²) in [6, 6.07) is 9.99. The number of ether oxygens (including phenoxy) is 1. The third-order valence-corrected chi connectivity index (χ3v) is 5.97. The molecular weight excluding hydrogens is 338 g/mol. The van der Waals surface area contributed by atoms with Gasteiger partial charge >= 0.3 is 0 Å². The second-order valence-corrected chi connectivity index (χ2v) is 7.97. The van der Waals surface area contributed by atoms with E-state index in [9.17, 15) is 4.79 Å². The molecule has 0 bridgehead atoms. The molecule has 2 heterocycles. The molecule has 1 aliphatic carbocycles. The summed E-state index contributed by atoms with van der Waals surface area (Å²) in [5.74, 6) is 2.52. The van der Waals surface area contributed by atoms with Crippen LogP contribution in [0.2, 0.25) is 0 Å². The highest BCUT2D eigenvalue weighted by molar-refractivity contribution is 5.77. The smallest absolute Gasteiger partial charge is 0.248 e. The average Bonchev–Trinajstić information content (AvgIpc) is 3.24. The standard InChI is InChI=1S/C22H29N3O2/c1-17-12-23-22(20-8-5-9-20)25(17)14-19-10-11-24(13-19)21(26)16-27-15-18-6-3-2-4-7-18/h2-4,6-7,12,19-20H,5,8-11,13-16H2,1H3. The van der Waals surface area contributed by atoms with Crippen LogP contribution in [0.4, 0.5) is 0 Å². The molecule has 1 aliphatic heterocycles. The van der Waals surface area contributed by atoms with Gasteiger partial charge in [-0.1, -0.05) is 36.8 Å². The number of carbonyl (C=O) groups excluding carboxylic acids is 1. The lowest BCUT2D eigenvalue weighted by Gasteiger charge is -2.27. The summed E-state index contributed by atoms with van der Waals surface area (Å²) >= 11 is 0. The van der Waals surface area contributed by atoms with Crippen LogP contribution >= 0.6 is 0 Å². The van der Waals surface area contributed by atoms with Gasteiger partial charge in [0, 0.05) is 37.4 Å². The lowest BCUT2D eigenvalue weighted by Crippen LogP contribution is -2.32. The van der Waals surface area contributed by atoms with E-state index in [2.05, 4.69) is 16.5 Å². The van der Waals surface area contributed by atoms with Crippen molar-refractivity contribution in [2.24, 2.45) is 5.92 Å². The minimum Gasteiger partial charge on any atom is -0.367 e. The molecule has 2 aromatic rings. The van der Waals surface area contributed by atoms with Crippen LogP contribution in [-0.4, -0.2) is 40.1 Å². The van der Waals surface area contributed by atoms with E-state index in [0.29, 0.717) is 18.4 Å². The number of benzene rings is 1. The Balaban J connectivity index is 1.26. The van der Waals surface area contributed by atoms with Gasteiger partial charge in [0.2, 0.25) is 5.91 Å². The van der Waals surface area contributed by atoms with Crippen LogP contribution in [0, 0.1) is 12.8 Å². The van der Waals surface area contributed by atoms with Crippen LogP contribution in [0.1, 0.15) is 48.7 Å². The summed E-state index contributed by atoms with van der Waals surface area (Å²) in [5, 5.41) is 0. The summed E-state index contributed by atoms with van der Waals surface area (Å²) in [5.41, 5.74) is 2.34. The van der Waals surface area contributed by atoms with E-state index >= 15 is 0 Å². The normalized spacial score (nSPS) is 20.0. The summed E-state index contributed by atoms with van der Waals surface area (Å²) in [6.07, 6.45) is 6.93. The van der Waals surface area contributed by atoms with E-state index in [1.807, 2.05) is 41.4 Å². The van der Waals surface area contributed by atoms with Crippen LogP contribution < -0.4 is 0 Å². The molecule has 5 heteroatoms. The van der Waals surface area contributed by atoms with Crippen molar-refractivity contribution in [3.63, 3.8) is 0 Å². The lowest BCUT2D eigenvalue weighted by atomic mass is 9.84. The first-order valence-corrected chi connectivity index (χ1v) is 10.1. The van der Waals surface area contributed by atoms with Crippen molar-refractivity contribution < 1.29 is 9.53 Å². The molecule has 1 aromatic carbocycles. The van der Waals surface area contributed by atoms with Gasteiger partial charge in [0.1, 0.15) is 12.4 Å². The lowest BCUT2D eigenvalue weighted by molar-refractivity contribution is -0.135. The predicted octanol–water partition coefficient (Wildman–Crippen LogP) is 3.52. The fourth-order valence-electron chi connectivity index (χ4n) is 4.10. The molecule has 0 spiro atoms. The molecular formula is C22H29N3O2. The van der Waals surface area contributed by atoms with Gasteiger partial charge < -0.3 is 14.2 Å². The Kier molecular flexibility index (Phi) is 5.58. The Morgan fingerprint density at radius 2 is 2.04 bits per heavy atom. The van der Waals surface area contributed by atoms with Gasteiger partial charge in [-0.25, -0.2) is 4.98 Å². The predicted molar refractivity (Wildman–Crippen MR) is 104 cm³/mol. The maximum absolute atomic E-state index is 12.5. The maximum atomic E-state index is 12.5. The Hall–Kier alpha value is -2.14. The van der Waals surface area contributed by atoms with Crippen LogP contribution in [0.25, 0.3) is 0 Å². The SMILES string of the molecule is Cc1cnc(C2CCC2)n1CC1CCN(C(=O)COCc2ccccc2)C1. The zero-order valence-electron chi connectivity index (χ0n) is 16.1. The number of aromatic nitrogens is 2. The number of nitrogens with zero attached hydrogens (tertiary/aromatic N) is 3. The van der Waals surface area contributed by atoms with Gasteiger partial charge in [-0.3, -0.25) is 4.79 Å². The first kappa shape index (κ1) is 18.2. The molecule has 1 saturated heterocycles. The van der Waals surface area contributed by atoms with Gasteiger partial charge in [0.25, 0.3) is 0 Å². The van der Waals surface area contributed by atoms with Crippen LogP contribution in [0.15, 0.2) is 36.5 Å². The number of hydrogen-bond donors (Lipinski definition) is 0. The van der Waals surface area contributed by atoms with Crippen LogP contribution in [-0.2, 0) is 22.7 Å². The van der Waals surface area contributed by atoms with E-state index in [1.165, 1.54) is 30.8 Å². The Morgan fingerprint density at radius 1 is 1.22 bits per heavy atom. The zero-order chi connectivity index (χ0) is 18.6. The monoisotopic (exact) mass is 367 g/mol. The molecule has 0 N–H and O–H groups in total. The molecule has 2 aliphatic rings. The summed E-state index contributed by atoms with van der Waals surface area (Å²) in [6.45, 7) is 5.44. The van der Waals surface area contributed by atoms with Crippen molar-refractivity contribution in [3.8, 4) is 0 Å². The first-order valence-electron chi connectivity index (χ1n) is 10.1. The molecule has 4 rings (SSSR count). The summed E-state index contributed by atoms with van der Waals surface area (Å²) < 4.78 is 8.02. The van der Waals surface area contributed by atoms with E-state index in [0.717, 1.165) is 31.6 Å². The second-order valence-electron chi connectivity index (χ2n) is 7.97. The van der Waals surface area contributed by atoms with Crippen molar-refractivity contribution in [2.45, 2.75) is 51.7 Å². The second kappa shape index (κ2) is 8.26. The highest BCUT2D eigenvalue weighted by atomic mass is 16.5. The van der Waals surface area contributed by atoms with Crippen molar-refractivity contribution in [1.29, 1.82) is 0 Å². The van der Waals surface area contributed by atoms with Gasteiger partial charge in [0.15, 0.2) is 0 Å². The quantitative estimate of drug-likeness (QED) is 0.752. The van der Waals surface area contributed by atoms with E-state index in [4.69, 9.17) is 4.74 Å². The number of hydrogen-bond acceptors (Lipinski definition) is 3. The molecule has 2 fully saturated rings. The molecule has 144 valence electrons. The number of imidazole rings is 1. The number of rotatable bonds is 7. The third kappa shape index (κ3) is 4.24. The Morgan fingerprint density at radius 3 is 2.78 bits per heavy atom. The summed E-state index contributed by atoms with van der Waals surface area (Å²) in [4.78, 5) is 19.1. The van der Waals surface area contributed by atoms with E-state index in [-0.39, 0.29) is 12.5 Å². The van der Waals surface area contributed by atoms with Crippen molar-refractivity contribution in [3.05, 3.63) is 53.6 Å². The minimum absolute atomic E-state index is 0.106. The molecule has 1 amide bonds. The van der Waals surface area contributed by atoms with Gasteiger partial charge in [-0.15, -0.1) is 0 Å². The summed E-state index contributed by atoms with van der Waals surface area (Å²) in [7, 11) is 0. The highest BCUT2D eigenvalue weighted by Gasteiger charge is 2.29. The molecule has 27 heavy (non-hydrogen) atoms. The third-order valence-electron chi connectivity index (χ3n) is 5.97. The zero-order valence-corrected chi connectivity index (χ0v) is 16.1. The number of likely N-dealkylation sites (tertiary alicyclic amines) is 1. The molecule has 0 radical (unpaired) electrons. The fourth-order valence-corrected chi connectivity index (χ4v) is 4.10. The molecule has 1 saturated carbocycles. The van der Waals surface area contributed by atoms with Crippen LogP contribution in [0.5, 0.6) is 0 Å². The van der Waals surface area contributed by atoms with Crippen molar-refractivity contribution >= 4 is 5.91 Å². The number of aryl methyl sites for hydroxylation is 1. The highest BCUT2D eigenvalue weighted by Crippen LogP contribution is 2.36. The maximum Gasteiger partial charge on any atom is 0.248 e. The van der Waals surface area contributed by atoms with Crippen molar-refractivity contribution in [2.75, 3.05) is 19.7 Å². The molecule has 5 nitrogen and oxygen atoms in total. The molecule has 1 aromatic heterocycles. The van der Waals surface area contributed by atoms with Crippen molar-refractivity contribution in [1.82, 2.24) is 14.5 Å². The molecule has 1 unspecified atom stereocenters. The topological polar surface area (TPSA) is 47.4 Å². The van der Waals surface area contributed by atoms with Gasteiger partial charge in [-0.2, -0.15) is 0 Å². The van der Waals surface area contributed by atoms with Crippen LogP contribution in [0.3, 0.4) is 0 Å².